The predicted molar refractivity (Wildman–Crippen MR) is 57.7 cm³/mol. The maximum Gasteiger partial charge on any atom is 0.256 e. The molecular formula is C10H15BN2O. The van der Waals surface area contributed by atoms with Crippen molar-refractivity contribution in [2.24, 2.45) is 7.05 Å². The van der Waals surface area contributed by atoms with E-state index >= 15 is 0 Å². The van der Waals surface area contributed by atoms with Crippen LogP contribution in [0.1, 0.15) is 36.2 Å². The van der Waals surface area contributed by atoms with Gasteiger partial charge in [0.2, 0.25) is 0 Å². The van der Waals surface area contributed by atoms with Crippen LogP contribution in [0.2, 0.25) is 0 Å². The summed E-state index contributed by atoms with van der Waals surface area (Å²) in [7, 11) is 7.59. The zero-order chi connectivity index (χ0) is 10.9. The molecular weight excluding hydrogens is 175 g/mol. The van der Waals surface area contributed by atoms with Gasteiger partial charge in [0.1, 0.15) is 5.82 Å². The van der Waals surface area contributed by atoms with Crippen molar-refractivity contribution in [2.45, 2.75) is 33.0 Å². The highest BCUT2D eigenvalue weighted by molar-refractivity contribution is 6.12. The number of nitrogens with zero attached hydrogens (tertiary/aromatic N) is 2. The molecule has 0 aliphatic carbocycles. The molecule has 0 bridgehead atoms. The Labute approximate surface area is 85.6 Å². The van der Waals surface area contributed by atoms with Crippen LogP contribution in [0.4, 0.5) is 0 Å². The first-order chi connectivity index (χ1) is 6.49. The third-order valence-corrected chi connectivity index (χ3v) is 2.57. The van der Waals surface area contributed by atoms with Gasteiger partial charge in [-0.25, -0.2) is 4.98 Å². The lowest BCUT2D eigenvalue weighted by molar-refractivity contribution is 0.721. The van der Waals surface area contributed by atoms with Gasteiger partial charge in [-0.1, -0.05) is 13.3 Å². The lowest BCUT2D eigenvalue weighted by atomic mass is 9.80. The van der Waals surface area contributed by atoms with Crippen LogP contribution in [-0.2, 0) is 7.05 Å². The van der Waals surface area contributed by atoms with Gasteiger partial charge in [0, 0.05) is 18.3 Å². The van der Waals surface area contributed by atoms with Crippen LogP contribution >= 0.6 is 0 Å². The van der Waals surface area contributed by atoms with E-state index in [4.69, 9.17) is 7.85 Å². The number of rotatable bonds is 2. The van der Waals surface area contributed by atoms with Gasteiger partial charge < -0.3 is 0 Å². The first-order valence-corrected chi connectivity index (χ1v) is 4.78. The maximum absolute atomic E-state index is 11.7. The van der Waals surface area contributed by atoms with E-state index in [2.05, 4.69) is 4.98 Å². The molecule has 14 heavy (non-hydrogen) atoms. The van der Waals surface area contributed by atoms with Crippen molar-refractivity contribution in [2.75, 3.05) is 0 Å². The maximum atomic E-state index is 11.7. The van der Waals surface area contributed by atoms with Crippen LogP contribution in [0.5, 0.6) is 0 Å². The Bertz CT molecular complexity index is 398. The van der Waals surface area contributed by atoms with Crippen molar-refractivity contribution in [1.29, 1.82) is 0 Å². The summed E-state index contributed by atoms with van der Waals surface area (Å²) in [5, 5.41) is 0. The molecule has 1 heterocycles. The minimum Gasteiger partial charge on any atom is -0.300 e. The molecule has 0 N–H and O–H groups in total. The molecule has 4 heteroatoms. The number of hydrogen-bond acceptors (Lipinski definition) is 2. The second-order valence-corrected chi connectivity index (χ2v) is 3.55. The predicted octanol–water partition coefficient (Wildman–Crippen LogP) is 1.02. The minimum atomic E-state index is -0.136. The molecule has 1 aromatic heterocycles. The summed E-state index contributed by atoms with van der Waals surface area (Å²) >= 11 is 0. The molecule has 74 valence electrons. The van der Waals surface area contributed by atoms with Crippen LogP contribution in [0.3, 0.4) is 0 Å². The third kappa shape index (κ3) is 1.74. The Balaban J connectivity index is 3.41. The number of aryl methyl sites for hydroxylation is 1. The summed E-state index contributed by atoms with van der Waals surface area (Å²) < 4.78 is 1.54. The highest BCUT2D eigenvalue weighted by Crippen LogP contribution is 2.14. The highest BCUT2D eigenvalue weighted by atomic mass is 16.1. The SMILES string of the molecule is [B]C(CC)c1nc(C)n(C)c(=O)c1C. The molecule has 0 spiro atoms. The summed E-state index contributed by atoms with van der Waals surface area (Å²) in [5.74, 6) is 0.571. The minimum absolute atomic E-state index is 0.00333. The van der Waals surface area contributed by atoms with Crippen molar-refractivity contribution < 1.29 is 0 Å². The molecule has 0 saturated heterocycles. The first-order valence-electron chi connectivity index (χ1n) is 4.78. The molecule has 0 aliphatic rings. The Kier molecular flexibility index (Phi) is 3.14. The van der Waals surface area contributed by atoms with E-state index in [1.54, 1.807) is 18.5 Å². The van der Waals surface area contributed by atoms with Crippen molar-refractivity contribution in [3.63, 3.8) is 0 Å². The van der Waals surface area contributed by atoms with E-state index in [-0.39, 0.29) is 11.4 Å². The van der Waals surface area contributed by atoms with E-state index < -0.39 is 0 Å². The molecule has 3 nitrogen and oxygen atoms in total. The standard InChI is InChI=1S/C10H15BN2O/c1-5-8(11)9-6(2)10(14)13(4)7(3)12-9/h8H,5H2,1-4H3. The Morgan fingerprint density at radius 1 is 1.50 bits per heavy atom. The fourth-order valence-corrected chi connectivity index (χ4v) is 1.40. The van der Waals surface area contributed by atoms with Crippen LogP contribution in [0.25, 0.3) is 0 Å². The first kappa shape index (κ1) is 11.0. The quantitative estimate of drug-likeness (QED) is 0.652. The Hall–Kier alpha value is -1.06. The molecule has 0 saturated carbocycles. The molecule has 0 aromatic carbocycles. The second kappa shape index (κ2) is 3.99. The molecule has 1 aromatic rings. The lowest BCUT2D eigenvalue weighted by Gasteiger charge is -2.14. The fraction of sp³-hybridized carbons (Fsp3) is 0.600. The summed E-state index contributed by atoms with van der Waals surface area (Å²) in [6.07, 6.45) is 0.792. The van der Waals surface area contributed by atoms with E-state index in [9.17, 15) is 4.79 Å². The topological polar surface area (TPSA) is 34.9 Å². The number of hydrogen-bond donors (Lipinski definition) is 0. The summed E-state index contributed by atoms with van der Waals surface area (Å²) in [5.41, 5.74) is 1.39. The van der Waals surface area contributed by atoms with Gasteiger partial charge in [-0.3, -0.25) is 9.36 Å². The van der Waals surface area contributed by atoms with Crippen molar-refractivity contribution in [3.05, 3.63) is 27.4 Å². The van der Waals surface area contributed by atoms with Gasteiger partial charge in [-0.2, -0.15) is 0 Å². The fourth-order valence-electron chi connectivity index (χ4n) is 1.40. The third-order valence-electron chi connectivity index (χ3n) is 2.57. The Morgan fingerprint density at radius 3 is 2.57 bits per heavy atom. The van der Waals surface area contributed by atoms with Gasteiger partial charge in [-0.05, 0) is 19.7 Å². The van der Waals surface area contributed by atoms with Gasteiger partial charge in [0.05, 0.1) is 7.85 Å². The van der Waals surface area contributed by atoms with Crippen molar-refractivity contribution >= 4 is 7.85 Å². The van der Waals surface area contributed by atoms with Gasteiger partial charge in [0.15, 0.2) is 0 Å². The number of aromatic nitrogens is 2. The van der Waals surface area contributed by atoms with E-state index in [1.165, 1.54) is 0 Å². The molecule has 0 fully saturated rings. The molecule has 1 unspecified atom stereocenters. The van der Waals surface area contributed by atoms with Crippen LogP contribution in [0.15, 0.2) is 4.79 Å². The van der Waals surface area contributed by atoms with Crippen LogP contribution in [0, 0.1) is 13.8 Å². The molecule has 0 amide bonds. The molecule has 1 atom stereocenters. The summed E-state index contributed by atoms with van der Waals surface area (Å²) in [4.78, 5) is 16.0. The highest BCUT2D eigenvalue weighted by Gasteiger charge is 2.12. The smallest absolute Gasteiger partial charge is 0.256 e. The van der Waals surface area contributed by atoms with Crippen molar-refractivity contribution in [1.82, 2.24) is 9.55 Å². The van der Waals surface area contributed by atoms with Gasteiger partial charge in [0.25, 0.3) is 5.56 Å². The normalized spacial score (nSPS) is 12.9. The molecule has 2 radical (unpaired) electrons. The van der Waals surface area contributed by atoms with E-state index in [1.807, 2.05) is 13.8 Å². The van der Waals surface area contributed by atoms with Gasteiger partial charge >= 0.3 is 0 Å². The van der Waals surface area contributed by atoms with Crippen LogP contribution < -0.4 is 5.56 Å². The molecule has 0 aliphatic heterocycles. The van der Waals surface area contributed by atoms with E-state index in [0.29, 0.717) is 11.4 Å². The summed E-state index contributed by atoms with van der Waals surface area (Å²) in [6.45, 7) is 5.57. The average molecular weight is 190 g/mol. The average Bonchev–Trinajstić information content (AvgIpc) is 2.19. The van der Waals surface area contributed by atoms with E-state index in [0.717, 1.165) is 12.1 Å². The zero-order valence-electron chi connectivity index (χ0n) is 9.16. The summed E-state index contributed by atoms with van der Waals surface area (Å²) in [6, 6.07) is 0. The van der Waals surface area contributed by atoms with Gasteiger partial charge in [-0.15, -0.1) is 0 Å². The second-order valence-electron chi connectivity index (χ2n) is 3.55. The molecule has 1 rings (SSSR count). The van der Waals surface area contributed by atoms with Crippen molar-refractivity contribution in [3.8, 4) is 0 Å². The van der Waals surface area contributed by atoms with Crippen LogP contribution in [-0.4, -0.2) is 17.4 Å². The monoisotopic (exact) mass is 190 g/mol. The Morgan fingerprint density at radius 2 is 2.07 bits per heavy atom. The lowest BCUT2D eigenvalue weighted by Crippen LogP contribution is -2.26. The zero-order valence-corrected chi connectivity index (χ0v) is 9.16. The largest absolute Gasteiger partial charge is 0.300 e.